The molecule has 112 valence electrons. The predicted octanol–water partition coefficient (Wildman–Crippen LogP) is 2.82. The number of nitrogens with two attached hydrogens (primary N) is 1. The van der Waals surface area contributed by atoms with E-state index in [2.05, 4.69) is 21.4 Å². The monoisotopic (exact) mass is 330 g/mol. The van der Waals surface area contributed by atoms with E-state index >= 15 is 0 Å². The van der Waals surface area contributed by atoms with E-state index in [0.29, 0.717) is 17.2 Å². The van der Waals surface area contributed by atoms with Crippen LogP contribution in [0.5, 0.6) is 0 Å². The molecule has 0 saturated carbocycles. The van der Waals surface area contributed by atoms with Crippen molar-refractivity contribution in [1.82, 2.24) is 15.3 Å². The first-order valence-electron chi connectivity index (χ1n) is 6.70. The van der Waals surface area contributed by atoms with Crippen LogP contribution in [-0.4, -0.2) is 22.4 Å². The van der Waals surface area contributed by atoms with E-state index in [9.17, 15) is 4.79 Å². The van der Waals surface area contributed by atoms with Crippen molar-refractivity contribution in [1.29, 1.82) is 0 Å². The molecule has 0 fully saturated rings. The van der Waals surface area contributed by atoms with Crippen LogP contribution in [0, 0.1) is 0 Å². The van der Waals surface area contributed by atoms with E-state index in [1.807, 2.05) is 11.4 Å². The summed E-state index contributed by atoms with van der Waals surface area (Å²) in [6.45, 7) is 0.590. The van der Waals surface area contributed by atoms with Gasteiger partial charge < -0.3 is 11.1 Å². The summed E-state index contributed by atoms with van der Waals surface area (Å²) in [5.41, 5.74) is 7.14. The van der Waals surface area contributed by atoms with Gasteiger partial charge in [-0.05, 0) is 30.7 Å². The number of nitrogens with one attached hydrogen (secondary N) is 1. The molecular formula is C15H14N4OS2. The molecule has 0 aliphatic carbocycles. The lowest BCUT2D eigenvalue weighted by molar-refractivity contribution is 0.0954. The summed E-state index contributed by atoms with van der Waals surface area (Å²) in [5.74, 6) is -0.0999. The number of carbonyl (C=O) groups excluding carboxylic acids is 1. The van der Waals surface area contributed by atoms with Gasteiger partial charge in [-0.2, -0.15) is 0 Å². The van der Waals surface area contributed by atoms with Gasteiger partial charge in [-0.25, -0.2) is 4.98 Å². The van der Waals surface area contributed by atoms with Gasteiger partial charge in [0.05, 0.1) is 16.1 Å². The molecule has 3 N–H and O–H groups in total. The molecule has 3 rings (SSSR count). The van der Waals surface area contributed by atoms with Crippen LogP contribution in [0.4, 0.5) is 5.13 Å². The molecule has 7 heteroatoms. The molecule has 0 bridgehead atoms. The summed E-state index contributed by atoms with van der Waals surface area (Å²) in [6, 6.07) is 7.60. The van der Waals surface area contributed by atoms with Crippen molar-refractivity contribution in [2.75, 3.05) is 12.3 Å². The average molecular weight is 330 g/mol. The minimum Gasteiger partial charge on any atom is -0.375 e. The highest BCUT2D eigenvalue weighted by Gasteiger charge is 2.08. The van der Waals surface area contributed by atoms with E-state index in [4.69, 9.17) is 5.73 Å². The number of aromatic nitrogens is 2. The minimum absolute atomic E-state index is 0.0999. The molecular weight excluding hydrogens is 316 g/mol. The van der Waals surface area contributed by atoms with Gasteiger partial charge in [0.2, 0.25) is 0 Å². The van der Waals surface area contributed by atoms with Crippen molar-refractivity contribution < 1.29 is 4.79 Å². The number of rotatable bonds is 5. The van der Waals surface area contributed by atoms with E-state index < -0.39 is 0 Å². The van der Waals surface area contributed by atoms with Crippen molar-refractivity contribution in [3.63, 3.8) is 0 Å². The van der Waals surface area contributed by atoms with E-state index in [1.54, 1.807) is 35.9 Å². The molecule has 22 heavy (non-hydrogen) atoms. The first-order chi connectivity index (χ1) is 10.7. The number of thiazole rings is 1. The Kier molecular flexibility index (Phi) is 4.45. The fourth-order valence-corrected chi connectivity index (χ4v) is 3.55. The molecule has 3 aromatic rings. The molecule has 0 radical (unpaired) electrons. The van der Waals surface area contributed by atoms with Crippen LogP contribution >= 0.6 is 22.7 Å². The molecule has 0 aliphatic heterocycles. The van der Waals surface area contributed by atoms with Gasteiger partial charge in [0.15, 0.2) is 5.13 Å². The van der Waals surface area contributed by atoms with Gasteiger partial charge in [-0.1, -0.05) is 0 Å². The molecule has 0 aromatic carbocycles. The minimum atomic E-state index is -0.0999. The quantitative estimate of drug-likeness (QED) is 0.754. The number of nitrogen functional groups attached to an aromatic ring is 1. The molecule has 3 heterocycles. The number of amides is 1. The van der Waals surface area contributed by atoms with E-state index in [-0.39, 0.29) is 5.91 Å². The Balaban J connectivity index is 1.54. The number of thiophene rings is 1. The third kappa shape index (κ3) is 3.49. The summed E-state index contributed by atoms with van der Waals surface area (Å²) < 4.78 is 0. The highest BCUT2D eigenvalue weighted by molar-refractivity contribution is 7.16. The third-order valence-corrected chi connectivity index (χ3v) is 4.86. The van der Waals surface area contributed by atoms with Crippen molar-refractivity contribution in [3.8, 4) is 10.6 Å². The Morgan fingerprint density at radius 1 is 1.32 bits per heavy atom. The standard InChI is InChI=1S/C15H14N4OS2/c16-15-19-12(9-21-15)13-4-3-11(22-13)5-7-18-14(20)10-2-1-6-17-8-10/h1-4,6,8-9H,5,7H2,(H2,16,19)(H,18,20). The maximum absolute atomic E-state index is 11.9. The van der Waals surface area contributed by atoms with Crippen molar-refractivity contribution in [2.45, 2.75) is 6.42 Å². The van der Waals surface area contributed by atoms with Gasteiger partial charge in [0, 0.05) is 29.2 Å². The normalized spacial score (nSPS) is 10.5. The Morgan fingerprint density at radius 3 is 2.95 bits per heavy atom. The van der Waals surface area contributed by atoms with Crippen molar-refractivity contribution in [2.24, 2.45) is 0 Å². The second-order valence-electron chi connectivity index (χ2n) is 4.58. The number of carbonyl (C=O) groups is 1. The largest absolute Gasteiger partial charge is 0.375 e. The summed E-state index contributed by atoms with van der Waals surface area (Å²) in [4.78, 5) is 22.4. The molecule has 5 nitrogen and oxygen atoms in total. The lowest BCUT2D eigenvalue weighted by atomic mass is 10.2. The highest BCUT2D eigenvalue weighted by atomic mass is 32.1. The number of anilines is 1. The van der Waals surface area contributed by atoms with Gasteiger partial charge in [0.25, 0.3) is 5.91 Å². The molecule has 0 atom stereocenters. The fraction of sp³-hybridized carbons (Fsp3) is 0.133. The molecule has 0 saturated heterocycles. The second-order valence-corrected chi connectivity index (χ2v) is 6.64. The number of nitrogens with zero attached hydrogens (tertiary/aromatic N) is 2. The Hall–Kier alpha value is -2.25. The smallest absolute Gasteiger partial charge is 0.252 e. The maximum atomic E-state index is 11.9. The number of pyridine rings is 1. The Bertz CT molecular complexity index is 767. The number of hydrogen-bond acceptors (Lipinski definition) is 6. The van der Waals surface area contributed by atoms with Gasteiger partial charge in [-0.15, -0.1) is 22.7 Å². The fourth-order valence-electron chi connectivity index (χ4n) is 1.95. The predicted molar refractivity (Wildman–Crippen MR) is 90.1 cm³/mol. The van der Waals surface area contributed by atoms with E-state index in [1.165, 1.54) is 16.2 Å². The van der Waals surface area contributed by atoms with Gasteiger partial charge in [0.1, 0.15) is 0 Å². The zero-order chi connectivity index (χ0) is 15.4. The van der Waals surface area contributed by atoms with Crippen molar-refractivity contribution in [3.05, 3.63) is 52.5 Å². The summed E-state index contributed by atoms with van der Waals surface area (Å²) in [7, 11) is 0. The van der Waals surface area contributed by atoms with Gasteiger partial charge in [-0.3, -0.25) is 9.78 Å². The zero-order valence-electron chi connectivity index (χ0n) is 11.7. The van der Waals surface area contributed by atoms with Crippen LogP contribution in [-0.2, 0) is 6.42 Å². The molecule has 0 aliphatic rings. The second kappa shape index (κ2) is 6.67. The van der Waals surface area contributed by atoms with E-state index in [0.717, 1.165) is 17.0 Å². The molecule has 3 aromatic heterocycles. The lowest BCUT2D eigenvalue weighted by Crippen LogP contribution is -2.25. The number of hydrogen-bond donors (Lipinski definition) is 2. The lowest BCUT2D eigenvalue weighted by Gasteiger charge is -2.03. The van der Waals surface area contributed by atoms with Gasteiger partial charge >= 0.3 is 0 Å². The van der Waals surface area contributed by atoms with Crippen LogP contribution in [0.1, 0.15) is 15.2 Å². The zero-order valence-corrected chi connectivity index (χ0v) is 13.3. The average Bonchev–Trinajstić information content (AvgIpc) is 3.17. The highest BCUT2D eigenvalue weighted by Crippen LogP contribution is 2.29. The Labute approximate surface area is 135 Å². The SMILES string of the molecule is Nc1nc(-c2ccc(CCNC(=O)c3cccnc3)s2)cs1. The summed E-state index contributed by atoms with van der Waals surface area (Å²) in [5, 5.41) is 5.43. The Morgan fingerprint density at radius 2 is 2.23 bits per heavy atom. The maximum Gasteiger partial charge on any atom is 0.252 e. The molecule has 0 spiro atoms. The first kappa shape index (κ1) is 14.7. The molecule has 0 unspecified atom stereocenters. The topological polar surface area (TPSA) is 80.9 Å². The first-order valence-corrected chi connectivity index (χ1v) is 8.40. The third-order valence-electron chi connectivity index (χ3n) is 3.02. The summed E-state index contributed by atoms with van der Waals surface area (Å²) in [6.07, 6.45) is 4.00. The summed E-state index contributed by atoms with van der Waals surface area (Å²) >= 11 is 3.11. The van der Waals surface area contributed by atoms with Crippen LogP contribution in [0.25, 0.3) is 10.6 Å². The van der Waals surface area contributed by atoms with Crippen LogP contribution in [0.2, 0.25) is 0 Å². The van der Waals surface area contributed by atoms with Crippen LogP contribution in [0.3, 0.4) is 0 Å². The van der Waals surface area contributed by atoms with Crippen molar-refractivity contribution >= 4 is 33.7 Å². The molecule has 1 amide bonds. The van der Waals surface area contributed by atoms with Crippen LogP contribution in [0.15, 0.2) is 42.0 Å². The van der Waals surface area contributed by atoms with Crippen LogP contribution < -0.4 is 11.1 Å².